The Morgan fingerprint density at radius 3 is 1.55 bits per heavy atom. The third-order valence-corrected chi connectivity index (χ3v) is 4.63. The Hall–Kier alpha value is -2.10. The molecule has 0 heterocycles. The minimum Gasteiger partial charge on any atom is -0.466 e. The molecular weight excluding hydrogens is 280 g/mol. The molecule has 0 spiro atoms. The van der Waals surface area contributed by atoms with Gasteiger partial charge in [-0.05, 0) is 47.9 Å². The first-order valence-electron chi connectivity index (χ1n) is 7.66. The van der Waals surface area contributed by atoms with Crippen molar-refractivity contribution in [3.8, 4) is 0 Å². The van der Waals surface area contributed by atoms with Crippen LogP contribution in [0.3, 0.4) is 0 Å². The molecule has 22 heavy (non-hydrogen) atoms. The highest BCUT2D eigenvalue weighted by Crippen LogP contribution is 2.32. The van der Waals surface area contributed by atoms with Crippen LogP contribution in [-0.4, -0.2) is 26.2 Å². The lowest BCUT2D eigenvalue weighted by Gasteiger charge is -2.24. The lowest BCUT2D eigenvalue weighted by molar-refractivity contribution is -0.139. The van der Waals surface area contributed by atoms with E-state index in [1.165, 1.54) is 38.2 Å². The molecule has 0 saturated heterocycles. The smallest absolute Gasteiger partial charge is 0.334 e. The van der Waals surface area contributed by atoms with Gasteiger partial charge in [-0.2, -0.15) is 0 Å². The average molecular weight is 300 g/mol. The molecule has 4 nitrogen and oxygen atoms in total. The average Bonchev–Trinajstić information content (AvgIpc) is 2.57. The first-order valence-corrected chi connectivity index (χ1v) is 7.66. The quantitative estimate of drug-likeness (QED) is 0.787. The molecule has 0 atom stereocenters. The van der Waals surface area contributed by atoms with Gasteiger partial charge in [0.25, 0.3) is 0 Å². The first-order chi connectivity index (χ1) is 10.6. The minimum atomic E-state index is -0.441. The summed E-state index contributed by atoms with van der Waals surface area (Å²) < 4.78 is 9.68. The van der Waals surface area contributed by atoms with Gasteiger partial charge < -0.3 is 9.47 Å². The zero-order valence-corrected chi connectivity index (χ0v) is 13.0. The number of fused-ring (bicyclic) bond motifs is 2. The number of methoxy groups -OCH3 is 2. The largest absolute Gasteiger partial charge is 0.466 e. The van der Waals surface area contributed by atoms with Crippen LogP contribution >= 0.6 is 0 Å². The highest BCUT2D eigenvalue weighted by atomic mass is 16.5. The van der Waals surface area contributed by atoms with E-state index in [1.54, 1.807) is 0 Å². The first kappa shape index (κ1) is 14.8. The van der Waals surface area contributed by atoms with E-state index in [9.17, 15) is 9.59 Å². The van der Waals surface area contributed by atoms with Crippen molar-refractivity contribution in [2.24, 2.45) is 0 Å². The van der Waals surface area contributed by atoms with Gasteiger partial charge in [-0.1, -0.05) is 12.1 Å². The van der Waals surface area contributed by atoms with Gasteiger partial charge in [0.1, 0.15) is 0 Å². The van der Waals surface area contributed by atoms with Crippen molar-refractivity contribution in [3.05, 3.63) is 45.5 Å². The zero-order chi connectivity index (χ0) is 15.7. The molecule has 0 radical (unpaired) electrons. The van der Waals surface area contributed by atoms with E-state index in [0.717, 1.165) is 24.0 Å². The van der Waals surface area contributed by atoms with Crippen LogP contribution in [0.1, 0.15) is 35.1 Å². The molecule has 0 fully saturated rings. The van der Waals surface area contributed by atoms with Crippen LogP contribution in [0.5, 0.6) is 0 Å². The highest BCUT2D eigenvalue weighted by molar-refractivity contribution is 6.01. The predicted molar refractivity (Wildman–Crippen MR) is 81.6 cm³/mol. The molecule has 0 amide bonds. The second kappa shape index (κ2) is 5.95. The summed E-state index contributed by atoms with van der Waals surface area (Å²) in [5.41, 5.74) is 5.89. The maximum absolute atomic E-state index is 12.0. The van der Waals surface area contributed by atoms with Crippen molar-refractivity contribution in [1.29, 1.82) is 0 Å². The lowest BCUT2D eigenvalue weighted by atomic mass is 9.81. The molecule has 0 bridgehead atoms. The third-order valence-electron chi connectivity index (χ3n) is 4.63. The molecule has 3 rings (SSSR count). The van der Waals surface area contributed by atoms with Crippen molar-refractivity contribution in [3.63, 3.8) is 0 Å². The molecule has 116 valence electrons. The van der Waals surface area contributed by atoms with Crippen LogP contribution in [0.25, 0.3) is 0 Å². The van der Waals surface area contributed by atoms with Gasteiger partial charge in [0.2, 0.25) is 0 Å². The SMILES string of the molecule is COC(=O)C1=C(C(=O)OC)Cc2cc3c(cc2C1)CCCC3. The summed E-state index contributed by atoms with van der Waals surface area (Å²) in [5.74, 6) is -0.882. The number of hydrogen-bond acceptors (Lipinski definition) is 4. The van der Waals surface area contributed by atoms with Crippen LogP contribution in [-0.2, 0) is 44.7 Å². The van der Waals surface area contributed by atoms with Crippen LogP contribution in [0, 0.1) is 0 Å². The fourth-order valence-corrected chi connectivity index (χ4v) is 3.45. The molecule has 4 heteroatoms. The minimum absolute atomic E-state index is 0.428. The Labute approximate surface area is 130 Å². The monoisotopic (exact) mass is 300 g/mol. The number of aryl methyl sites for hydroxylation is 2. The molecular formula is C18H20O4. The van der Waals surface area contributed by atoms with Crippen LogP contribution < -0.4 is 0 Å². The predicted octanol–water partition coefficient (Wildman–Crippen LogP) is 2.31. The number of esters is 2. The maximum atomic E-state index is 12.0. The molecule has 2 aliphatic carbocycles. The van der Waals surface area contributed by atoms with E-state index >= 15 is 0 Å². The fraction of sp³-hybridized carbons (Fsp3) is 0.444. The fourth-order valence-electron chi connectivity index (χ4n) is 3.45. The standard InChI is InChI=1S/C18H20O4/c1-21-17(19)15-9-13-7-11-5-3-4-6-12(11)8-14(13)10-16(15)18(20)22-2/h7-8H,3-6,9-10H2,1-2H3. The lowest BCUT2D eigenvalue weighted by Crippen LogP contribution is -2.23. The second-order valence-corrected chi connectivity index (χ2v) is 5.89. The maximum Gasteiger partial charge on any atom is 0.334 e. The number of hydrogen-bond donors (Lipinski definition) is 0. The summed E-state index contributed by atoms with van der Waals surface area (Å²) in [7, 11) is 2.68. The van der Waals surface area contributed by atoms with Gasteiger partial charge >= 0.3 is 11.9 Å². The van der Waals surface area contributed by atoms with Gasteiger partial charge in [0.15, 0.2) is 0 Å². The van der Waals surface area contributed by atoms with Gasteiger partial charge in [-0.3, -0.25) is 0 Å². The normalized spacial score (nSPS) is 16.6. The molecule has 0 aromatic heterocycles. The summed E-state index contributed by atoms with van der Waals surface area (Å²) in [4.78, 5) is 24.0. The molecule has 0 saturated carbocycles. The molecule has 0 N–H and O–H groups in total. The molecule has 1 aromatic carbocycles. The topological polar surface area (TPSA) is 52.6 Å². The summed E-state index contributed by atoms with van der Waals surface area (Å²) >= 11 is 0. The van der Waals surface area contributed by atoms with Crippen molar-refractivity contribution in [2.75, 3.05) is 14.2 Å². The Bertz CT molecular complexity index is 613. The van der Waals surface area contributed by atoms with Gasteiger partial charge in [0, 0.05) is 12.8 Å². The van der Waals surface area contributed by atoms with Crippen molar-refractivity contribution < 1.29 is 19.1 Å². The van der Waals surface area contributed by atoms with Crippen LogP contribution in [0.15, 0.2) is 23.3 Å². The van der Waals surface area contributed by atoms with E-state index in [0.29, 0.717) is 24.0 Å². The van der Waals surface area contributed by atoms with Gasteiger partial charge in [-0.25, -0.2) is 9.59 Å². The Morgan fingerprint density at radius 1 is 0.773 bits per heavy atom. The number of benzene rings is 1. The number of carbonyl (C=O) groups excluding carboxylic acids is 2. The van der Waals surface area contributed by atoms with E-state index in [1.807, 2.05) is 0 Å². The highest BCUT2D eigenvalue weighted by Gasteiger charge is 2.29. The van der Waals surface area contributed by atoms with E-state index in [-0.39, 0.29) is 0 Å². The van der Waals surface area contributed by atoms with Crippen molar-refractivity contribution in [2.45, 2.75) is 38.5 Å². The van der Waals surface area contributed by atoms with Gasteiger partial charge in [0.05, 0.1) is 25.4 Å². The summed E-state index contributed by atoms with van der Waals surface area (Å²) in [6.07, 6.45) is 5.53. The number of rotatable bonds is 2. The second-order valence-electron chi connectivity index (χ2n) is 5.89. The molecule has 2 aliphatic rings. The van der Waals surface area contributed by atoms with Crippen LogP contribution in [0.4, 0.5) is 0 Å². The summed E-state index contributed by atoms with van der Waals surface area (Å²) in [6.45, 7) is 0. The Balaban J connectivity index is 2.03. The van der Waals surface area contributed by atoms with E-state index in [2.05, 4.69) is 12.1 Å². The molecule has 0 aliphatic heterocycles. The molecule has 1 aromatic rings. The van der Waals surface area contributed by atoms with E-state index in [4.69, 9.17) is 9.47 Å². The van der Waals surface area contributed by atoms with Crippen LogP contribution in [0.2, 0.25) is 0 Å². The van der Waals surface area contributed by atoms with Crippen molar-refractivity contribution in [1.82, 2.24) is 0 Å². The Kier molecular flexibility index (Phi) is 4.01. The number of ether oxygens (including phenoxy) is 2. The van der Waals surface area contributed by atoms with Gasteiger partial charge in [-0.15, -0.1) is 0 Å². The third kappa shape index (κ3) is 2.54. The summed E-state index contributed by atoms with van der Waals surface area (Å²) in [6, 6.07) is 4.42. The number of carbonyl (C=O) groups is 2. The molecule has 0 unspecified atom stereocenters. The zero-order valence-electron chi connectivity index (χ0n) is 13.0. The van der Waals surface area contributed by atoms with E-state index < -0.39 is 11.9 Å². The summed E-state index contributed by atoms with van der Waals surface area (Å²) in [5, 5.41) is 0. The Morgan fingerprint density at radius 2 is 1.18 bits per heavy atom. The van der Waals surface area contributed by atoms with Crippen molar-refractivity contribution >= 4 is 11.9 Å².